The summed E-state index contributed by atoms with van der Waals surface area (Å²) in [6.07, 6.45) is 1.10. The summed E-state index contributed by atoms with van der Waals surface area (Å²) < 4.78 is 0. The molecule has 1 N–H and O–H groups in total. The Balaban J connectivity index is 3.00. The summed E-state index contributed by atoms with van der Waals surface area (Å²) in [5.74, 6) is -0.255. The normalized spacial score (nSPS) is 10.1. The summed E-state index contributed by atoms with van der Waals surface area (Å²) in [7, 11) is 0. The largest absolute Gasteiger partial charge is 0.281 e. The number of nitrogens with zero attached hydrogens (tertiary/aromatic N) is 1. The monoisotopic (exact) mass is 207 g/mol. The third kappa shape index (κ3) is 2.57. The van der Waals surface area contributed by atoms with Crippen LogP contribution in [0.5, 0.6) is 0 Å². The zero-order valence-electron chi connectivity index (χ0n) is 9.45. The molecule has 1 aromatic rings. The Morgan fingerprint density at radius 1 is 1.33 bits per heavy atom. The van der Waals surface area contributed by atoms with Gasteiger partial charge in [-0.2, -0.15) is 5.06 Å². The number of hydrogen-bond donors (Lipinski definition) is 1. The SMILES string of the molecule is CCCC(=O)N(O)c1c(C)cccc1C. The maximum Gasteiger partial charge on any atom is 0.250 e. The van der Waals surface area contributed by atoms with Crippen LogP contribution in [0.3, 0.4) is 0 Å². The Labute approximate surface area is 90.3 Å². The first-order valence-corrected chi connectivity index (χ1v) is 5.16. The van der Waals surface area contributed by atoms with Gasteiger partial charge in [0.05, 0.1) is 5.69 Å². The maximum atomic E-state index is 11.5. The maximum absolute atomic E-state index is 11.5. The third-order valence-electron chi connectivity index (χ3n) is 2.35. The molecule has 0 unspecified atom stereocenters. The minimum Gasteiger partial charge on any atom is -0.281 e. The lowest BCUT2D eigenvalue weighted by molar-refractivity contribution is -0.123. The number of amides is 1. The summed E-state index contributed by atoms with van der Waals surface area (Å²) in [5.41, 5.74) is 2.42. The quantitative estimate of drug-likeness (QED) is 0.611. The van der Waals surface area contributed by atoms with Crippen LogP contribution in [0.2, 0.25) is 0 Å². The van der Waals surface area contributed by atoms with Crippen LogP contribution >= 0.6 is 0 Å². The Morgan fingerprint density at radius 2 is 1.87 bits per heavy atom. The Bertz CT molecular complexity index is 340. The molecule has 0 saturated heterocycles. The second kappa shape index (κ2) is 4.94. The van der Waals surface area contributed by atoms with Gasteiger partial charge < -0.3 is 0 Å². The van der Waals surface area contributed by atoms with Crippen LogP contribution in [-0.2, 0) is 4.79 Å². The zero-order chi connectivity index (χ0) is 11.4. The number of benzene rings is 1. The van der Waals surface area contributed by atoms with Gasteiger partial charge in [-0.25, -0.2) is 0 Å². The van der Waals surface area contributed by atoms with Crippen LogP contribution in [0, 0.1) is 13.8 Å². The molecular weight excluding hydrogens is 190 g/mol. The summed E-state index contributed by atoms with van der Waals surface area (Å²) in [6, 6.07) is 5.67. The van der Waals surface area contributed by atoms with Gasteiger partial charge in [-0.3, -0.25) is 10.0 Å². The molecule has 0 atom stereocenters. The van der Waals surface area contributed by atoms with Crippen molar-refractivity contribution in [3.8, 4) is 0 Å². The molecule has 0 radical (unpaired) electrons. The smallest absolute Gasteiger partial charge is 0.250 e. The standard InChI is InChI=1S/C12H17NO2/c1-4-6-11(14)13(15)12-9(2)7-5-8-10(12)3/h5,7-8,15H,4,6H2,1-3H3. The second-order valence-corrected chi connectivity index (χ2v) is 3.70. The Kier molecular flexibility index (Phi) is 3.86. The van der Waals surface area contributed by atoms with Crippen molar-refractivity contribution in [3.05, 3.63) is 29.3 Å². The second-order valence-electron chi connectivity index (χ2n) is 3.70. The van der Waals surface area contributed by atoms with Gasteiger partial charge in [0.25, 0.3) is 5.91 Å². The lowest BCUT2D eigenvalue weighted by Gasteiger charge is -2.19. The molecule has 0 fully saturated rings. The first kappa shape index (κ1) is 11.7. The van der Waals surface area contributed by atoms with Crippen LogP contribution in [0.25, 0.3) is 0 Å². The topological polar surface area (TPSA) is 40.5 Å². The Morgan fingerprint density at radius 3 is 2.33 bits per heavy atom. The molecule has 0 aromatic heterocycles. The molecule has 0 heterocycles. The van der Waals surface area contributed by atoms with Gasteiger partial charge >= 0.3 is 0 Å². The number of carbonyl (C=O) groups is 1. The van der Waals surface area contributed by atoms with Gasteiger partial charge in [0, 0.05) is 6.42 Å². The number of anilines is 1. The van der Waals surface area contributed by atoms with E-state index in [1.54, 1.807) is 0 Å². The van der Waals surface area contributed by atoms with Gasteiger partial charge in [-0.1, -0.05) is 25.1 Å². The van der Waals surface area contributed by atoms with Crippen LogP contribution in [0.15, 0.2) is 18.2 Å². The van der Waals surface area contributed by atoms with Crippen molar-refractivity contribution in [1.82, 2.24) is 0 Å². The number of aryl methyl sites for hydroxylation is 2. The van der Waals surface area contributed by atoms with Crippen molar-refractivity contribution >= 4 is 11.6 Å². The van der Waals surface area contributed by atoms with Gasteiger partial charge in [-0.15, -0.1) is 0 Å². The summed E-state index contributed by atoms with van der Waals surface area (Å²) >= 11 is 0. The number of hydrogen-bond acceptors (Lipinski definition) is 2. The van der Waals surface area contributed by atoms with Crippen molar-refractivity contribution in [3.63, 3.8) is 0 Å². The average Bonchev–Trinajstić information content (AvgIpc) is 2.17. The highest BCUT2D eigenvalue weighted by atomic mass is 16.5. The van der Waals surface area contributed by atoms with E-state index in [1.165, 1.54) is 0 Å². The minimum absolute atomic E-state index is 0.255. The summed E-state index contributed by atoms with van der Waals surface area (Å²) in [5, 5.41) is 10.5. The highest BCUT2D eigenvalue weighted by molar-refractivity contribution is 5.92. The molecule has 0 aliphatic carbocycles. The molecule has 0 aliphatic heterocycles. The molecule has 82 valence electrons. The van der Waals surface area contributed by atoms with Crippen molar-refractivity contribution in [1.29, 1.82) is 0 Å². The van der Waals surface area contributed by atoms with E-state index in [2.05, 4.69) is 0 Å². The molecule has 15 heavy (non-hydrogen) atoms. The van der Waals surface area contributed by atoms with E-state index < -0.39 is 0 Å². The molecular formula is C12H17NO2. The van der Waals surface area contributed by atoms with Crippen LogP contribution < -0.4 is 5.06 Å². The van der Waals surface area contributed by atoms with Gasteiger partial charge in [-0.05, 0) is 31.4 Å². The van der Waals surface area contributed by atoms with E-state index >= 15 is 0 Å². The minimum atomic E-state index is -0.255. The summed E-state index contributed by atoms with van der Waals surface area (Å²) in [4.78, 5) is 11.5. The van der Waals surface area contributed by atoms with E-state index in [-0.39, 0.29) is 5.91 Å². The predicted octanol–water partition coefficient (Wildman–Crippen LogP) is 2.83. The molecule has 1 rings (SSSR count). The lowest BCUT2D eigenvalue weighted by atomic mass is 10.1. The third-order valence-corrected chi connectivity index (χ3v) is 2.35. The zero-order valence-corrected chi connectivity index (χ0v) is 9.45. The highest BCUT2D eigenvalue weighted by Crippen LogP contribution is 2.23. The molecule has 1 amide bonds. The fraction of sp³-hybridized carbons (Fsp3) is 0.417. The fourth-order valence-electron chi connectivity index (χ4n) is 1.58. The van der Waals surface area contributed by atoms with Crippen molar-refractivity contribution in [2.75, 3.05) is 5.06 Å². The van der Waals surface area contributed by atoms with Gasteiger partial charge in [0.15, 0.2) is 0 Å². The number of para-hydroxylation sites is 1. The molecule has 3 heteroatoms. The molecule has 0 saturated carbocycles. The summed E-state index contributed by atoms with van der Waals surface area (Å²) in [6.45, 7) is 5.67. The van der Waals surface area contributed by atoms with E-state index in [4.69, 9.17) is 0 Å². The number of carbonyl (C=O) groups excluding carboxylic acids is 1. The first-order chi connectivity index (χ1) is 7.07. The van der Waals surface area contributed by atoms with Crippen molar-refractivity contribution < 1.29 is 10.0 Å². The van der Waals surface area contributed by atoms with Gasteiger partial charge in [0.2, 0.25) is 0 Å². The number of rotatable bonds is 3. The van der Waals surface area contributed by atoms with Crippen LogP contribution in [-0.4, -0.2) is 11.1 Å². The average molecular weight is 207 g/mol. The first-order valence-electron chi connectivity index (χ1n) is 5.16. The predicted molar refractivity (Wildman–Crippen MR) is 60.1 cm³/mol. The molecule has 0 aliphatic rings. The molecule has 1 aromatic carbocycles. The highest BCUT2D eigenvalue weighted by Gasteiger charge is 2.15. The van der Waals surface area contributed by atoms with E-state index in [0.29, 0.717) is 12.1 Å². The lowest BCUT2D eigenvalue weighted by Crippen LogP contribution is -2.27. The van der Waals surface area contributed by atoms with E-state index in [9.17, 15) is 10.0 Å². The van der Waals surface area contributed by atoms with Crippen LogP contribution in [0.1, 0.15) is 30.9 Å². The van der Waals surface area contributed by atoms with Crippen molar-refractivity contribution in [2.24, 2.45) is 0 Å². The Hall–Kier alpha value is -1.35. The molecule has 3 nitrogen and oxygen atoms in total. The molecule has 0 spiro atoms. The van der Waals surface area contributed by atoms with Crippen LogP contribution in [0.4, 0.5) is 5.69 Å². The fourth-order valence-corrected chi connectivity index (χ4v) is 1.58. The number of hydroxylamine groups is 1. The van der Waals surface area contributed by atoms with E-state index in [0.717, 1.165) is 22.6 Å². The molecule has 0 bridgehead atoms. The van der Waals surface area contributed by atoms with E-state index in [1.807, 2.05) is 39.0 Å². The van der Waals surface area contributed by atoms with Crippen molar-refractivity contribution in [2.45, 2.75) is 33.6 Å². The van der Waals surface area contributed by atoms with Gasteiger partial charge in [0.1, 0.15) is 0 Å².